The Hall–Kier alpha value is -1.70. The van der Waals surface area contributed by atoms with Gasteiger partial charge in [-0.25, -0.2) is 0 Å². The fourth-order valence-corrected chi connectivity index (χ4v) is 1.63. The van der Waals surface area contributed by atoms with Crippen LogP contribution in [-0.2, 0) is 0 Å². The summed E-state index contributed by atoms with van der Waals surface area (Å²) >= 11 is 17.0. The second-order valence-corrected chi connectivity index (χ2v) is 4.25. The number of halogens is 3. The van der Waals surface area contributed by atoms with Gasteiger partial charge in [0.05, 0.1) is 4.92 Å². The Morgan fingerprint density at radius 1 is 1.21 bits per heavy atom. The van der Waals surface area contributed by atoms with Crippen molar-refractivity contribution in [1.29, 1.82) is 0 Å². The van der Waals surface area contributed by atoms with E-state index < -0.39 is 4.92 Å². The predicted molar refractivity (Wildman–Crippen MR) is 68.0 cm³/mol. The molecule has 0 saturated heterocycles. The van der Waals surface area contributed by atoms with Crippen LogP contribution in [0.1, 0.15) is 0 Å². The maximum absolute atomic E-state index is 10.6. The van der Waals surface area contributed by atoms with E-state index in [-0.39, 0.29) is 32.8 Å². The molecule has 0 bridgehead atoms. The smallest absolute Gasteiger partial charge is 0.288 e. The van der Waals surface area contributed by atoms with Crippen LogP contribution in [0.5, 0.6) is 11.6 Å². The highest BCUT2D eigenvalue weighted by Gasteiger charge is 2.14. The summed E-state index contributed by atoms with van der Waals surface area (Å²) in [5.74, 6) is 0.126. The topological polar surface area (TPSA) is 91.0 Å². The Labute approximate surface area is 121 Å². The Morgan fingerprint density at radius 2 is 1.95 bits per heavy atom. The molecule has 19 heavy (non-hydrogen) atoms. The van der Waals surface area contributed by atoms with Crippen LogP contribution in [0.15, 0.2) is 18.2 Å². The molecule has 0 aliphatic carbocycles. The average Bonchev–Trinajstić information content (AvgIpc) is 2.33. The molecule has 0 aliphatic rings. The molecule has 1 heterocycles. The lowest BCUT2D eigenvalue weighted by atomic mass is 10.3. The van der Waals surface area contributed by atoms with Crippen LogP contribution in [0.25, 0.3) is 0 Å². The van der Waals surface area contributed by atoms with Gasteiger partial charge in [-0.1, -0.05) is 23.2 Å². The zero-order valence-electron chi connectivity index (χ0n) is 8.88. The first-order chi connectivity index (χ1) is 8.97. The summed E-state index contributed by atoms with van der Waals surface area (Å²) in [6, 6.07) is 3.80. The van der Waals surface area contributed by atoms with Gasteiger partial charge in [0.2, 0.25) is 10.4 Å². The summed E-state index contributed by atoms with van der Waals surface area (Å²) in [7, 11) is 0. The number of hydrogen-bond donors (Lipinski definition) is 0. The third-order valence-electron chi connectivity index (χ3n) is 1.92. The van der Waals surface area contributed by atoms with Crippen molar-refractivity contribution in [1.82, 2.24) is 15.2 Å². The normalized spacial score (nSPS) is 10.3. The van der Waals surface area contributed by atoms with E-state index in [0.29, 0.717) is 0 Å². The Kier molecular flexibility index (Phi) is 3.98. The monoisotopic (exact) mass is 320 g/mol. The summed E-state index contributed by atoms with van der Waals surface area (Å²) in [6.45, 7) is 0. The van der Waals surface area contributed by atoms with E-state index in [1.54, 1.807) is 0 Å². The minimum atomic E-state index is -0.609. The van der Waals surface area contributed by atoms with Gasteiger partial charge in [0.1, 0.15) is 10.8 Å². The van der Waals surface area contributed by atoms with Gasteiger partial charge in [0.25, 0.3) is 11.6 Å². The summed E-state index contributed by atoms with van der Waals surface area (Å²) in [4.78, 5) is 13.7. The molecule has 0 unspecified atom stereocenters. The predicted octanol–water partition coefficient (Wildman–Crippen LogP) is 3.53. The number of aromatic nitrogens is 3. The van der Waals surface area contributed by atoms with Gasteiger partial charge in [-0.3, -0.25) is 10.1 Å². The highest BCUT2D eigenvalue weighted by atomic mass is 35.5. The molecule has 0 amide bonds. The standard InChI is InChI=1S/C9H3Cl3N4O3/c10-5-3-4(1-2-6(5)16(17)18)19-8-7(11)14-15-9(12)13-8/h1-3H. The van der Waals surface area contributed by atoms with Crippen LogP contribution in [0.2, 0.25) is 15.5 Å². The Morgan fingerprint density at radius 3 is 2.58 bits per heavy atom. The lowest BCUT2D eigenvalue weighted by Gasteiger charge is -2.05. The molecule has 7 nitrogen and oxygen atoms in total. The van der Waals surface area contributed by atoms with Gasteiger partial charge in [-0.15, -0.1) is 10.2 Å². The largest absolute Gasteiger partial charge is 0.436 e. The number of nitro benzene ring substituents is 1. The first-order valence-corrected chi connectivity index (χ1v) is 5.78. The van der Waals surface area contributed by atoms with E-state index in [1.165, 1.54) is 18.2 Å². The molecule has 1 aromatic carbocycles. The molecule has 1 aromatic heterocycles. The SMILES string of the molecule is O=[N+]([O-])c1ccc(Oc2nc(Cl)nnc2Cl)cc1Cl. The van der Waals surface area contributed by atoms with Crippen molar-refractivity contribution in [3.8, 4) is 11.6 Å². The van der Waals surface area contributed by atoms with Crippen LogP contribution < -0.4 is 4.74 Å². The fourth-order valence-electron chi connectivity index (χ4n) is 1.16. The molecule has 2 rings (SSSR count). The Balaban J connectivity index is 2.31. The summed E-state index contributed by atoms with van der Waals surface area (Å²) < 4.78 is 5.27. The van der Waals surface area contributed by atoms with E-state index in [0.717, 1.165) is 0 Å². The van der Waals surface area contributed by atoms with E-state index in [1.807, 2.05) is 0 Å². The molecule has 0 N–H and O–H groups in total. The van der Waals surface area contributed by atoms with Crippen molar-refractivity contribution < 1.29 is 9.66 Å². The second-order valence-electron chi connectivity index (χ2n) is 3.15. The average molecular weight is 322 g/mol. The van der Waals surface area contributed by atoms with Crippen LogP contribution in [0.4, 0.5) is 5.69 Å². The van der Waals surface area contributed by atoms with E-state index in [2.05, 4.69) is 15.2 Å². The Bertz CT molecular complexity index is 653. The van der Waals surface area contributed by atoms with Crippen molar-refractivity contribution in [2.45, 2.75) is 0 Å². The fraction of sp³-hybridized carbons (Fsp3) is 0. The first-order valence-electron chi connectivity index (χ1n) is 4.65. The second kappa shape index (κ2) is 5.52. The van der Waals surface area contributed by atoms with E-state index >= 15 is 0 Å². The molecule has 2 aromatic rings. The number of hydrogen-bond acceptors (Lipinski definition) is 6. The third-order valence-corrected chi connectivity index (χ3v) is 2.62. The number of ether oxygens (including phenoxy) is 1. The molecular weight excluding hydrogens is 318 g/mol. The van der Waals surface area contributed by atoms with Crippen LogP contribution >= 0.6 is 34.8 Å². The molecule has 0 saturated carbocycles. The zero-order chi connectivity index (χ0) is 14.0. The summed E-state index contributed by atoms with van der Waals surface area (Å²) in [5, 5.41) is 17.2. The van der Waals surface area contributed by atoms with Gasteiger partial charge < -0.3 is 4.74 Å². The van der Waals surface area contributed by atoms with Crippen molar-refractivity contribution in [3.05, 3.63) is 43.8 Å². The molecular formula is C9H3Cl3N4O3. The van der Waals surface area contributed by atoms with E-state index in [4.69, 9.17) is 39.5 Å². The maximum atomic E-state index is 10.6. The molecule has 98 valence electrons. The molecule has 0 fully saturated rings. The highest BCUT2D eigenvalue weighted by molar-refractivity contribution is 6.33. The summed E-state index contributed by atoms with van der Waals surface area (Å²) in [5.41, 5.74) is -0.237. The van der Waals surface area contributed by atoms with Crippen LogP contribution in [-0.4, -0.2) is 20.1 Å². The van der Waals surface area contributed by atoms with Gasteiger partial charge >= 0.3 is 0 Å². The van der Waals surface area contributed by atoms with Crippen molar-refractivity contribution in [2.24, 2.45) is 0 Å². The van der Waals surface area contributed by atoms with E-state index in [9.17, 15) is 10.1 Å². The van der Waals surface area contributed by atoms with Crippen molar-refractivity contribution in [3.63, 3.8) is 0 Å². The lowest BCUT2D eigenvalue weighted by molar-refractivity contribution is -0.384. The minimum Gasteiger partial charge on any atom is -0.436 e. The van der Waals surface area contributed by atoms with Crippen LogP contribution in [0, 0.1) is 10.1 Å². The third kappa shape index (κ3) is 3.19. The lowest BCUT2D eigenvalue weighted by Crippen LogP contribution is -1.95. The van der Waals surface area contributed by atoms with Crippen molar-refractivity contribution >= 4 is 40.5 Å². The number of nitro groups is 1. The highest BCUT2D eigenvalue weighted by Crippen LogP contribution is 2.32. The summed E-state index contributed by atoms with van der Waals surface area (Å²) in [6.07, 6.45) is 0. The van der Waals surface area contributed by atoms with Crippen molar-refractivity contribution in [2.75, 3.05) is 0 Å². The number of benzene rings is 1. The van der Waals surface area contributed by atoms with Gasteiger partial charge in [-0.2, -0.15) is 4.98 Å². The molecule has 10 heteroatoms. The maximum Gasteiger partial charge on any atom is 0.288 e. The first kappa shape index (κ1) is 13.7. The molecule has 0 atom stereocenters. The van der Waals surface area contributed by atoms with Gasteiger partial charge in [0, 0.05) is 12.1 Å². The molecule has 0 spiro atoms. The quantitative estimate of drug-likeness (QED) is 0.634. The number of rotatable bonds is 3. The molecule has 0 radical (unpaired) electrons. The number of nitrogens with zero attached hydrogens (tertiary/aromatic N) is 4. The zero-order valence-corrected chi connectivity index (χ0v) is 11.1. The van der Waals surface area contributed by atoms with Gasteiger partial charge in [0.15, 0.2) is 0 Å². The molecule has 0 aliphatic heterocycles. The minimum absolute atomic E-state index is 0.0771. The van der Waals surface area contributed by atoms with Crippen LogP contribution in [0.3, 0.4) is 0 Å². The van der Waals surface area contributed by atoms with Gasteiger partial charge in [-0.05, 0) is 17.7 Å².